The first-order chi connectivity index (χ1) is 15.4. The molecule has 172 valence electrons. The third-order valence-electron chi connectivity index (χ3n) is 5.04. The van der Waals surface area contributed by atoms with Crippen molar-refractivity contribution >= 4 is 39.3 Å². The number of Topliss-reactive ketones (excluding diaryl/α,β-unsaturated/α-hetero) is 1. The average Bonchev–Trinajstić information content (AvgIpc) is 2.97. The van der Waals surface area contributed by atoms with Crippen molar-refractivity contribution in [2.24, 2.45) is 10.5 Å². The molecular weight excluding hydrogens is 492 g/mol. The lowest BCUT2D eigenvalue weighted by atomic mass is 9.82. The molecule has 0 saturated carbocycles. The first-order valence-corrected chi connectivity index (χ1v) is 10.8. The fourth-order valence-electron chi connectivity index (χ4n) is 3.33. The van der Waals surface area contributed by atoms with E-state index in [1.807, 2.05) is 0 Å². The predicted octanol–water partition coefficient (Wildman–Crippen LogP) is 3.33. The molecule has 9 heteroatoms. The predicted molar refractivity (Wildman–Crippen MR) is 124 cm³/mol. The van der Waals surface area contributed by atoms with Crippen LogP contribution in [-0.2, 0) is 19.1 Å². The summed E-state index contributed by atoms with van der Waals surface area (Å²) in [5.41, 5.74) is -3.57. The number of carbonyl (C=O) groups excluding carboxylic acids is 3. The highest BCUT2D eigenvalue weighted by Crippen LogP contribution is 2.39. The molecule has 0 saturated heterocycles. The van der Waals surface area contributed by atoms with E-state index in [0.717, 1.165) is 7.11 Å². The number of nitrogens with zero attached hydrogens (tertiary/aromatic N) is 2. The van der Waals surface area contributed by atoms with E-state index in [9.17, 15) is 24.6 Å². The zero-order valence-corrected chi connectivity index (χ0v) is 20.1. The Labute approximate surface area is 199 Å². The summed E-state index contributed by atoms with van der Waals surface area (Å²) in [6, 6.07) is 15.8. The second-order valence-electron chi connectivity index (χ2n) is 8.38. The van der Waals surface area contributed by atoms with E-state index in [1.54, 1.807) is 54.6 Å². The number of ketones is 1. The number of hydrogen-bond donors (Lipinski definition) is 2. The highest BCUT2D eigenvalue weighted by molar-refractivity contribution is 9.10. The van der Waals surface area contributed by atoms with Gasteiger partial charge in [-0.3, -0.25) is 9.59 Å². The van der Waals surface area contributed by atoms with Gasteiger partial charge in [-0.15, -0.1) is 0 Å². The molecule has 2 aromatic rings. The van der Waals surface area contributed by atoms with Crippen LogP contribution in [-0.4, -0.2) is 51.4 Å². The van der Waals surface area contributed by atoms with Gasteiger partial charge in [0, 0.05) is 21.0 Å². The second kappa shape index (κ2) is 8.92. The van der Waals surface area contributed by atoms with Crippen molar-refractivity contribution in [2.45, 2.75) is 26.5 Å². The largest absolute Gasteiger partial charge is 0.503 e. The summed E-state index contributed by atoms with van der Waals surface area (Å²) in [7, 11) is 0.993. The topological polar surface area (TPSA) is 116 Å². The van der Waals surface area contributed by atoms with E-state index in [0.29, 0.717) is 20.6 Å². The molecule has 3 rings (SSSR count). The highest BCUT2D eigenvalue weighted by Gasteiger charge is 2.62. The summed E-state index contributed by atoms with van der Waals surface area (Å²) in [6.45, 7) is 4.58. The molecule has 33 heavy (non-hydrogen) atoms. The Morgan fingerprint density at radius 1 is 1.06 bits per heavy atom. The number of hydrogen-bond acceptors (Lipinski definition) is 7. The molecule has 0 bridgehead atoms. The van der Waals surface area contributed by atoms with Crippen LogP contribution < -0.4 is 0 Å². The van der Waals surface area contributed by atoms with Crippen LogP contribution in [0, 0.1) is 5.41 Å². The maximum Gasteiger partial charge on any atom is 0.366 e. The van der Waals surface area contributed by atoms with Crippen LogP contribution >= 0.6 is 15.9 Å². The normalized spacial score (nSPS) is 19.2. The van der Waals surface area contributed by atoms with Gasteiger partial charge in [-0.2, -0.15) is 10.1 Å². The second-order valence-corrected chi connectivity index (χ2v) is 9.23. The third kappa shape index (κ3) is 4.21. The number of esters is 1. The Morgan fingerprint density at radius 3 is 2.18 bits per heavy atom. The molecule has 1 aliphatic heterocycles. The number of rotatable bonds is 5. The number of aliphatic hydroxyl groups is 2. The Bertz CT molecular complexity index is 1180. The van der Waals surface area contributed by atoms with Gasteiger partial charge in [-0.05, 0) is 6.07 Å². The van der Waals surface area contributed by atoms with Crippen molar-refractivity contribution in [1.29, 1.82) is 0 Å². The number of ether oxygens (including phenoxy) is 1. The molecule has 2 N–H and O–H groups in total. The molecule has 1 amide bonds. The van der Waals surface area contributed by atoms with Crippen LogP contribution in [0.1, 0.15) is 31.9 Å². The van der Waals surface area contributed by atoms with E-state index >= 15 is 0 Å². The summed E-state index contributed by atoms with van der Waals surface area (Å²) in [6.07, 6.45) is 0. The van der Waals surface area contributed by atoms with E-state index < -0.39 is 40.1 Å². The van der Waals surface area contributed by atoms with Crippen molar-refractivity contribution in [2.75, 3.05) is 7.11 Å². The van der Waals surface area contributed by atoms with Gasteiger partial charge in [0.15, 0.2) is 11.5 Å². The molecule has 2 aromatic carbocycles. The minimum Gasteiger partial charge on any atom is -0.503 e. The summed E-state index contributed by atoms with van der Waals surface area (Å²) in [5, 5.41) is 26.7. The Balaban J connectivity index is 2.30. The molecular formula is C24H23BrN2O6. The van der Waals surface area contributed by atoms with Crippen LogP contribution in [0.25, 0.3) is 0 Å². The van der Waals surface area contributed by atoms with Crippen LogP contribution in [0.5, 0.6) is 0 Å². The number of benzene rings is 2. The minimum atomic E-state index is -2.96. The van der Waals surface area contributed by atoms with E-state index in [-0.39, 0.29) is 5.71 Å². The number of aliphatic hydroxyl groups excluding tert-OH is 1. The molecule has 0 spiro atoms. The van der Waals surface area contributed by atoms with Gasteiger partial charge in [-0.25, -0.2) is 4.79 Å². The van der Waals surface area contributed by atoms with Gasteiger partial charge in [0.25, 0.3) is 5.72 Å². The first kappa shape index (κ1) is 24.3. The summed E-state index contributed by atoms with van der Waals surface area (Å²) >= 11 is 3.45. The number of methoxy groups -OCH3 is 1. The van der Waals surface area contributed by atoms with E-state index in [2.05, 4.69) is 21.0 Å². The van der Waals surface area contributed by atoms with Gasteiger partial charge >= 0.3 is 11.9 Å². The fraction of sp³-hybridized carbons (Fsp3) is 0.250. The van der Waals surface area contributed by atoms with Gasteiger partial charge in [0.1, 0.15) is 5.57 Å². The van der Waals surface area contributed by atoms with Crippen molar-refractivity contribution in [1.82, 2.24) is 5.01 Å². The molecule has 1 unspecified atom stereocenters. The van der Waals surface area contributed by atoms with Crippen molar-refractivity contribution in [3.05, 3.63) is 81.5 Å². The number of halogens is 1. The molecule has 0 aromatic heterocycles. The number of carbonyl (C=O) groups is 3. The van der Waals surface area contributed by atoms with Crippen LogP contribution in [0.2, 0.25) is 0 Å². The minimum absolute atomic E-state index is 0.205. The van der Waals surface area contributed by atoms with Crippen LogP contribution in [0.4, 0.5) is 0 Å². The molecule has 1 atom stereocenters. The fourth-order valence-corrected chi connectivity index (χ4v) is 3.80. The summed E-state index contributed by atoms with van der Waals surface area (Å²) < 4.78 is 5.34. The zero-order valence-electron chi connectivity index (χ0n) is 18.5. The third-order valence-corrected chi connectivity index (χ3v) is 5.73. The molecule has 0 fully saturated rings. The SMILES string of the molecule is COC(=O)C1(O)C(C(=O)C(C)(C)C)=C(O)C(=O)N1/N=C(\c1ccccc1)c1ccccc1Br. The van der Waals surface area contributed by atoms with E-state index in [4.69, 9.17) is 4.74 Å². The Hall–Kier alpha value is -3.30. The molecule has 0 aliphatic carbocycles. The standard InChI is InChI=1S/C24H23BrN2O6/c1-23(2,3)20(29)17-19(28)21(30)27(24(17,32)22(31)33-4)26-18(14-10-6-5-7-11-14)15-12-8-9-13-16(15)25/h5-13,28,32H,1-4H3/b26-18+. The lowest BCUT2D eigenvalue weighted by Crippen LogP contribution is -2.55. The van der Waals surface area contributed by atoms with Crippen LogP contribution in [0.15, 0.2) is 75.5 Å². The van der Waals surface area contributed by atoms with E-state index in [1.165, 1.54) is 20.8 Å². The molecule has 8 nitrogen and oxygen atoms in total. The average molecular weight is 515 g/mol. The summed E-state index contributed by atoms with van der Waals surface area (Å²) in [4.78, 5) is 38.9. The maximum absolute atomic E-state index is 13.1. The number of hydrazone groups is 1. The molecule has 1 heterocycles. The summed E-state index contributed by atoms with van der Waals surface area (Å²) in [5.74, 6) is -4.42. The van der Waals surface area contributed by atoms with Crippen molar-refractivity contribution in [3.63, 3.8) is 0 Å². The zero-order chi connectivity index (χ0) is 24.6. The van der Waals surface area contributed by atoms with Crippen LogP contribution in [0.3, 0.4) is 0 Å². The van der Waals surface area contributed by atoms with Crippen molar-refractivity contribution in [3.8, 4) is 0 Å². The van der Waals surface area contributed by atoms with Crippen molar-refractivity contribution < 1.29 is 29.3 Å². The highest BCUT2D eigenvalue weighted by atomic mass is 79.9. The Kier molecular flexibility index (Phi) is 6.58. The van der Waals surface area contributed by atoms with Gasteiger partial charge < -0.3 is 14.9 Å². The lowest BCUT2D eigenvalue weighted by molar-refractivity contribution is -0.180. The maximum atomic E-state index is 13.1. The Morgan fingerprint density at radius 2 is 1.64 bits per heavy atom. The number of amides is 1. The van der Waals surface area contributed by atoms with Gasteiger partial charge in [0.2, 0.25) is 0 Å². The van der Waals surface area contributed by atoms with Gasteiger partial charge in [0.05, 0.1) is 12.8 Å². The lowest BCUT2D eigenvalue weighted by Gasteiger charge is -2.31. The smallest absolute Gasteiger partial charge is 0.366 e. The molecule has 1 aliphatic rings. The molecule has 0 radical (unpaired) electrons. The van der Waals surface area contributed by atoms with Gasteiger partial charge in [-0.1, -0.05) is 85.2 Å². The monoisotopic (exact) mass is 514 g/mol. The quantitative estimate of drug-likeness (QED) is 0.466. The first-order valence-electron chi connectivity index (χ1n) is 9.97.